The van der Waals surface area contributed by atoms with E-state index in [1.165, 1.54) is 12.2 Å². The van der Waals surface area contributed by atoms with Gasteiger partial charge in [0.05, 0.1) is 21.0 Å². The highest BCUT2D eigenvalue weighted by atomic mass is 32.2. The van der Waals surface area contributed by atoms with Gasteiger partial charge in [-0.15, -0.1) is 13.2 Å². The van der Waals surface area contributed by atoms with Gasteiger partial charge in [-0.25, -0.2) is 8.42 Å². The number of sulfone groups is 1. The predicted molar refractivity (Wildman–Crippen MR) is 103 cm³/mol. The molecule has 0 aliphatic carbocycles. The van der Waals surface area contributed by atoms with E-state index >= 15 is 0 Å². The van der Waals surface area contributed by atoms with Gasteiger partial charge in [0.25, 0.3) is 11.4 Å². The van der Waals surface area contributed by atoms with Crippen LogP contribution in [0.4, 0.5) is 11.4 Å². The molecule has 0 unspecified atom stereocenters. The van der Waals surface area contributed by atoms with Gasteiger partial charge in [0.2, 0.25) is 9.84 Å². The molecular weight excluding hydrogens is 404 g/mol. The smallest absolute Gasteiger partial charge is 0.295 e. The number of nitro benzene ring substituents is 2. The molecule has 0 aliphatic rings. The van der Waals surface area contributed by atoms with Crippen LogP contribution in [-0.2, 0) is 22.7 Å². The monoisotopic (exact) mass is 420 g/mol. The Balaban J connectivity index is 2.95. The maximum absolute atomic E-state index is 13.2. The van der Waals surface area contributed by atoms with Gasteiger partial charge in [-0.1, -0.05) is 12.2 Å². The summed E-state index contributed by atoms with van der Waals surface area (Å²) in [5.74, 6) is -1.02. The number of nitrogens with zero attached hydrogens (tertiary/aromatic N) is 2. The lowest BCUT2D eigenvalue weighted by Gasteiger charge is -2.12. The highest BCUT2D eigenvalue weighted by molar-refractivity contribution is 7.91. The first-order chi connectivity index (χ1) is 13.6. The minimum absolute atomic E-state index is 0.203. The molecular formula is C18H16N2O8S. The Bertz CT molecular complexity index is 1060. The number of hydrogen-bond donors (Lipinski definition) is 2. The van der Waals surface area contributed by atoms with E-state index in [-0.39, 0.29) is 24.0 Å². The number of nitro groups is 2. The van der Waals surface area contributed by atoms with Crippen molar-refractivity contribution in [2.24, 2.45) is 0 Å². The lowest BCUT2D eigenvalue weighted by atomic mass is 10.1. The molecule has 2 aromatic carbocycles. The summed E-state index contributed by atoms with van der Waals surface area (Å²) in [5, 5.41) is 43.0. The molecule has 0 radical (unpaired) electrons. The van der Waals surface area contributed by atoms with Crippen LogP contribution in [0, 0.1) is 20.2 Å². The van der Waals surface area contributed by atoms with E-state index in [1.54, 1.807) is 0 Å². The third-order valence-electron chi connectivity index (χ3n) is 4.08. The molecule has 29 heavy (non-hydrogen) atoms. The van der Waals surface area contributed by atoms with Crippen LogP contribution in [0.5, 0.6) is 11.5 Å². The van der Waals surface area contributed by atoms with E-state index in [9.17, 15) is 38.9 Å². The van der Waals surface area contributed by atoms with E-state index in [1.807, 2.05) is 0 Å². The second-order valence-corrected chi connectivity index (χ2v) is 7.71. The number of benzene rings is 2. The maximum atomic E-state index is 13.2. The number of aromatic hydroxyl groups is 2. The van der Waals surface area contributed by atoms with Crippen LogP contribution in [0.15, 0.2) is 59.4 Å². The number of rotatable bonds is 8. The summed E-state index contributed by atoms with van der Waals surface area (Å²) >= 11 is 0. The molecule has 0 saturated carbocycles. The van der Waals surface area contributed by atoms with Gasteiger partial charge in [-0.2, -0.15) is 0 Å². The molecule has 0 aromatic heterocycles. The molecule has 0 heterocycles. The summed E-state index contributed by atoms with van der Waals surface area (Å²) in [6.45, 7) is 6.83. The fraction of sp³-hybridized carbons (Fsp3) is 0.111. The van der Waals surface area contributed by atoms with E-state index in [0.29, 0.717) is 0 Å². The van der Waals surface area contributed by atoms with E-state index in [4.69, 9.17) is 0 Å². The molecule has 0 atom stereocenters. The summed E-state index contributed by atoms with van der Waals surface area (Å²) in [4.78, 5) is 19.6. The molecule has 0 bridgehead atoms. The lowest BCUT2D eigenvalue weighted by Crippen LogP contribution is -2.11. The fourth-order valence-electron chi connectivity index (χ4n) is 2.85. The first-order valence-electron chi connectivity index (χ1n) is 8.03. The fourth-order valence-corrected chi connectivity index (χ4v) is 4.49. The van der Waals surface area contributed by atoms with Crippen molar-refractivity contribution in [2.75, 3.05) is 0 Å². The normalized spacial score (nSPS) is 11.0. The largest absolute Gasteiger partial charge is 0.507 e. The Morgan fingerprint density at radius 1 is 0.828 bits per heavy atom. The van der Waals surface area contributed by atoms with Gasteiger partial charge in [0.1, 0.15) is 21.3 Å². The van der Waals surface area contributed by atoms with Crippen LogP contribution >= 0.6 is 0 Å². The molecule has 10 nitrogen and oxygen atoms in total. The van der Waals surface area contributed by atoms with Gasteiger partial charge in [-0.3, -0.25) is 20.2 Å². The molecule has 0 saturated heterocycles. The van der Waals surface area contributed by atoms with Gasteiger partial charge < -0.3 is 10.2 Å². The van der Waals surface area contributed by atoms with Crippen LogP contribution in [0.1, 0.15) is 11.1 Å². The summed E-state index contributed by atoms with van der Waals surface area (Å²) < 4.78 is 26.4. The zero-order valence-corrected chi connectivity index (χ0v) is 15.8. The third-order valence-corrected chi connectivity index (χ3v) is 5.90. The van der Waals surface area contributed by atoms with Crippen molar-refractivity contribution in [1.29, 1.82) is 0 Å². The van der Waals surface area contributed by atoms with Gasteiger partial charge in [0, 0.05) is 12.8 Å². The summed E-state index contributed by atoms with van der Waals surface area (Å²) in [7, 11) is -4.78. The van der Waals surface area contributed by atoms with Crippen molar-refractivity contribution in [1.82, 2.24) is 0 Å². The first-order valence-corrected chi connectivity index (χ1v) is 9.51. The molecule has 2 aromatic rings. The van der Waals surface area contributed by atoms with Crippen LogP contribution < -0.4 is 0 Å². The zero-order chi connectivity index (χ0) is 21.9. The molecule has 0 amide bonds. The maximum Gasteiger partial charge on any atom is 0.295 e. The highest BCUT2D eigenvalue weighted by Crippen LogP contribution is 2.42. The standard InChI is InChI=1S/C18H16N2O8S/c1-3-5-11-13(21)7-9-15(17(11)19(23)24)29(27,28)16-10-8-14(22)12(6-4-2)18(16)20(25)26/h3-4,7-10,21-22H,1-2,5-6H2. The van der Waals surface area contributed by atoms with Crippen molar-refractivity contribution in [3.8, 4) is 11.5 Å². The van der Waals surface area contributed by atoms with E-state index in [0.717, 1.165) is 24.3 Å². The minimum Gasteiger partial charge on any atom is -0.507 e. The molecule has 152 valence electrons. The third kappa shape index (κ3) is 3.80. The first kappa shape index (κ1) is 21.6. The van der Waals surface area contributed by atoms with Gasteiger partial charge in [-0.05, 0) is 24.3 Å². The Kier molecular flexibility index (Phi) is 6.03. The van der Waals surface area contributed by atoms with Crippen molar-refractivity contribution in [3.05, 3.63) is 80.9 Å². The van der Waals surface area contributed by atoms with E-state index < -0.39 is 52.3 Å². The van der Waals surface area contributed by atoms with E-state index in [2.05, 4.69) is 13.2 Å². The lowest BCUT2D eigenvalue weighted by molar-refractivity contribution is -0.389. The number of allylic oxidation sites excluding steroid dienone is 2. The SMILES string of the molecule is C=CCc1c(O)ccc(S(=O)(=O)c2ccc(O)c(CC=C)c2[N+](=O)[O-])c1[N+](=O)[O-]. The average Bonchev–Trinajstić information content (AvgIpc) is 2.64. The predicted octanol–water partition coefficient (Wildman–Crippen LogP) is 3.20. The number of phenols is 2. The quantitative estimate of drug-likeness (QED) is 0.374. The second-order valence-electron chi connectivity index (χ2n) is 5.82. The van der Waals surface area contributed by atoms with Crippen LogP contribution in [-0.4, -0.2) is 28.5 Å². The Morgan fingerprint density at radius 2 is 1.17 bits per heavy atom. The van der Waals surface area contributed by atoms with Gasteiger partial charge >= 0.3 is 0 Å². The summed E-state index contributed by atoms with van der Waals surface area (Å²) in [5.41, 5.74) is -2.40. The van der Waals surface area contributed by atoms with Crippen molar-refractivity contribution in [3.63, 3.8) is 0 Å². The number of hydrogen-bond acceptors (Lipinski definition) is 8. The van der Waals surface area contributed by atoms with Crippen molar-refractivity contribution < 1.29 is 28.5 Å². The Hall–Kier alpha value is -3.73. The highest BCUT2D eigenvalue weighted by Gasteiger charge is 2.37. The Morgan fingerprint density at radius 3 is 1.45 bits per heavy atom. The van der Waals surface area contributed by atoms with Crippen molar-refractivity contribution in [2.45, 2.75) is 22.6 Å². The average molecular weight is 420 g/mol. The minimum atomic E-state index is -4.78. The molecule has 2 rings (SSSR count). The molecule has 11 heteroatoms. The molecule has 2 N–H and O–H groups in total. The zero-order valence-electron chi connectivity index (χ0n) is 14.9. The molecule has 0 aliphatic heterocycles. The van der Waals surface area contributed by atoms with Gasteiger partial charge in [0.15, 0.2) is 0 Å². The Labute approximate surface area is 165 Å². The molecule has 0 spiro atoms. The number of phenolic OH excluding ortho intramolecular Hbond substituents is 2. The summed E-state index contributed by atoms with van der Waals surface area (Å²) in [6, 6.07) is 3.52. The van der Waals surface area contributed by atoms with Crippen LogP contribution in [0.3, 0.4) is 0 Å². The van der Waals surface area contributed by atoms with Crippen LogP contribution in [0.25, 0.3) is 0 Å². The molecule has 0 fully saturated rings. The summed E-state index contributed by atoms with van der Waals surface area (Å²) in [6.07, 6.45) is 2.07. The topological polar surface area (TPSA) is 161 Å². The van der Waals surface area contributed by atoms with Crippen molar-refractivity contribution >= 4 is 21.2 Å². The van der Waals surface area contributed by atoms with Crippen LogP contribution in [0.2, 0.25) is 0 Å². The second kappa shape index (κ2) is 8.10.